The maximum atomic E-state index is 12.7. The molecule has 3 heterocycles. The van der Waals surface area contributed by atoms with Crippen molar-refractivity contribution in [2.24, 2.45) is 0 Å². The Morgan fingerprint density at radius 3 is 2.77 bits per heavy atom. The van der Waals surface area contributed by atoms with E-state index in [1.54, 1.807) is 10.7 Å². The van der Waals surface area contributed by atoms with Crippen molar-refractivity contribution in [1.29, 1.82) is 0 Å². The van der Waals surface area contributed by atoms with Crippen molar-refractivity contribution >= 4 is 34.0 Å². The highest BCUT2D eigenvalue weighted by Gasteiger charge is 2.14. The van der Waals surface area contributed by atoms with Crippen molar-refractivity contribution < 1.29 is 4.79 Å². The van der Waals surface area contributed by atoms with Gasteiger partial charge in [-0.3, -0.25) is 4.79 Å². The molecule has 1 aromatic carbocycles. The van der Waals surface area contributed by atoms with Crippen molar-refractivity contribution in [3.63, 3.8) is 0 Å². The van der Waals surface area contributed by atoms with Gasteiger partial charge in [-0.05, 0) is 43.3 Å². The van der Waals surface area contributed by atoms with E-state index >= 15 is 0 Å². The lowest BCUT2D eigenvalue weighted by Crippen LogP contribution is -2.12. The Morgan fingerprint density at radius 1 is 1.12 bits per heavy atom. The highest BCUT2D eigenvalue weighted by Crippen LogP contribution is 2.21. The molecule has 0 saturated carbocycles. The van der Waals surface area contributed by atoms with Crippen LogP contribution < -0.4 is 10.2 Å². The lowest BCUT2D eigenvalue weighted by molar-refractivity contribution is 0.102. The Hall–Kier alpha value is -3.48. The third kappa shape index (κ3) is 2.83. The molecular formula is C19H18N6O. The molecule has 0 saturated heterocycles. The topological polar surface area (TPSA) is 75.4 Å². The first-order valence-corrected chi connectivity index (χ1v) is 8.22. The third-order valence-electron chi connectivity index (χ3n) is 4.14. The molecule has 0 spiro atoms. The number of amides is 1. The zero-order valence-corrected chi connectivity index (χ0v) is 14.8. The fourth-order valence-corrected chi connectivity index (χ4v) is 2.76. The summed E-state index contributed by atoms with van der Waals surface area (Å²) < 4.78 is 1.59. The first-order valence-electron chi connectivity index (χ1n) is 8.22. The van der Waals surface area contributed by atoms with Crippen LogP contribution in [0.2, 0.25) is 0 Å². The summed E-state index contributed by atoms with van der Waals surface area (Å²) in [5.41, 5.74) is 3.40. The average molecular weight is 346 g/mol. The van der Waals surface area contributed by atoms with Crippen LogP contribution in [0.5, 0.6) is 0 Å². The van der Waals surface area contributed by atoms with Gasteiger partial charge in [-0.1, -0.05) is 0 Å². The number of carbonyl (C=O) groups is 1. The molecule has 7 nitrogen and oxygen atoms in total. The second-order valence-electron chi connectivity index (χ2n) is 6.32. The van der Waals surface area contributed by atoms with Gasteiger partial charge in [0.2, 0.25) is 0 Å². The van der Waals surface area contributed by atoms with Crippen LogP contribution in [0, 0.1) is 6.92 Å². The molecule has 1 amide bonds. The van der Waals surface area contributed by atoms with E-state index in [9.17, 15) is 4.79 Å². The van der Waals surface area contributed by atoms with Crippen molar-refractivity contribution in [2.45, 2.75) is 6.92 Å². The maximum Gasteiger partial charge on any atom is 0.261 e. The van der Waals surface area contributed by atoms with Crippen LogP contribution in [-0.2, 0) is 0 Å². The molecule has 0 aliphatic carbocycles. The minimum Gasteiger partial charge on any atom is -0.363 e. The summed E-state index contributed by atoms with van der Waals surface area (Å²) in [6.45, 7) is 1.88. The number of hydrogen-bond donors (Lipinski definition) is 1. The van der Waals surface area contributed by atoms with E-state index in [-0.39, 0.29) is 5.91 Å². The fraction of sp³-hybridized carbons (Fsp3) is 0.158. The summed E-state index contributed by atoms with van der Waals surface area (Å²) in [7, 11) is 3.91. The SMILES string of the molecule is Cc1ccn2ncc(C(=O)Nc3ccc4nc(N(C)C)ccc4c3)c2n1. The van der Waals surface area contributed by atoms with Gasteiger partial charge < -0.3 is 10.2 Å². The van der Waals surface area contributed by atoms with Gasteiger partial charge in [-0.2, -0.15) is 5.10 Å². The molecule has 7 heteroatoms. The maximum absolute atomic E-state index is 12.7. The van der Waals surface area contributed by atoms with E-state index in [2.05, 4.69) is 20.4 Å². The van der Waals surface area contributed by atoms with Crippen LogP contribution >= 0.6 is 0 Å². The van der Waals surface area contributed by atoms with Gasteiger partial charge in [0.05, 0.1) is 11.7 Å². The van der Waals surface area contributed by atoms with Gasteiger partial charge in [-0.15, -0.1) is 0 Å². The first kappa shape index (κ1) is 16.0. The number of aryl methyl sites for hydroxylation is 1. The van der Waals surface area contributed by atoms with Gasteiger partial charge >= 0.3 is 0 Å². The summed E-state index contributed by atoms with van der Waals surface area (Å²) in [5.74, 6) is 0.650. The van der Waals surface area contributed by atoms with Crippen LogP contribution in [0.1, 0.15) is 16.1 Å². The number of nitrogens with one attached hydrogen (secondary N) is 1. The van der Waals surface area contributed by atoms with Crippen molar-refractivity contribution in [2.75, 3.05) is 24.3 Å². The highest BCUT2D eigenvalue weighted by atomic mass is 16.1. The summed E-state index contributed by atoms with van der Waals surface area (Å²) >= 11 is 0. The molecule has 130 valence electrons. The Morgan fingerprint density at radius 2 is 1.96 bits per heavy atom. The lowest BCUT2D eigenvalue weighted by Gasteiger charge is -2.12. The standard InChI is InChI=1S/C19H18N6O/c1-12-8-9-25-18(21-12)15(11-20-25)19(26)22-14-5-6-16-13(10-14)4-7-17(23-16)24(2)3/h4-11H,1-3H3,(H,22,26). The summed E-state index contributed by atoms with van der Waals surface area (Å²) in [6, 6.07) is 11.4. The highest BCUT2D eigenvalue weighted by molar-refractivity contribution is 6.08. The van der Waals surface area contributed by atoms with E-state index < -0.39 is 0 Å². The smallest absolute Gasteiger partial charge is 0.261 e. The molecule has 4 aromatic rings. The normalized spacial score (nSPS) is 11.0. The molecular weight excluding hydrogens is 328 g/mol. The second-order valence-corrected chi connectivity index (χ2v) is 6.32. The zero-order valence-electron chi connectivity index (χ0n) is 14.8. The number of rotatable bonds is 3. The van der Waals surface area contributed by atoms with Crippen LogP contribution in [0.4, 0.5) is 11.5 Å². The predicted octanol–water partition coefficient (Wildman–Crippen LogP) is 2.90. The molecule has 0 aliphatic rings. The third-order valence-corrected chi connectivity index (χ3v) is 4.14. The molecule has 0 aliphatic heterocycles. The molecule has 0 bridgehead atoms. The lowest BCUT2D eigenvalue weighted by atomic mass is 10.2. The number of carbonyl (C=O) groups excluding carboxylic acids is 1. The number of nitrogens with zero attached hydrogens (tertiary/aromatic N) is 5. The monoisotopic (exact) mass is 346 g/mol. The Kier molecular flexibility index (Phi) is 3.76. The van der Waals surface area contributed by atoms with Gasteiger partial charge in [0, 0.05) is 37.1 Å². The van der Waals surface area contributed by atoms with Crippen LogP contribution in [0.15, 0.2) is 48.8 Å². The zero-order chi connectivity index (χ0) is 18.3. The van der Waals surface area contributed by atoms with Crippen molar-refractivity contribution in [3.8, 4) is 0 Å². The van der Waals surface area contributed by atoms with Gasteiger partial charge in [0.1, 0.15) is 11.4 Å². The number of anilines is 2. The average Bonchev–Trinajstić information content (AvgIpc) is 3.04. The Balaban J connectivity index is 1.64. The van der Waals surface area contributed by atoms with E-state index in [1.807, 2.05) is 62.3 Å². The van der Waals surface area contributed by atoms with Crippen molar-refractivity contribution in [1.82, 2.24) is 19.6 Å². The second kappa shape index (κ2) is 6.11. The molecule has 0 unspecified atom stereocenters. The molecule has 0 radical (unpaired) electrons. The molecule has 4 rings (SSSR count). The fourth-order valence-electron chi connectivity index (χ4n) is 2.76. The number of pyridine rings is 1. The summed E-state index contributed by atoms with van der Waals surface area (Å²) in [5, 5.41) is 8.05. The molecule has 0 atom stereocenters. The van der Waals surface area contributed by atoms with Crippen LogP contribution in [0.3, 0.4) is 0 Å². The number of aromatic nitrogens is 4. The Labute approximate surface area is 150 Å². The minimum absolute atomic E-state index is 0.240. The van der Waals surface area contributed by atoms with Gasteiger partial charge in [0.25, 0.3) is 5.91 Å². The number of hydrogen-bond acceptors (Lipinski definition) is 5. The first-order chi connectivity index (χ1) is 12.5. The Bertz CT molecular complexity index is 1130. The minimum atomic E-state index is -0.240. The molecule has 3 aromatic heterocycles. The van der Waals surface area contributed by atoms with Gasteiger partial charge in [-0.25, -0.2) is 14.5 Å². The number of fused-ring (bicyclic) bond motifs is 2. The molecule has 1 N–H and O–H groups in total. The van der Waals surface area contributed by atoms with Crippen LogP contribution in [-0.4, -0.2) is 39.6 Å². The van der Waals surface area contributed by atoms with E-state index in [4.69, 9.17) is 0 Å². The quantitative estimate of drug-likeness (QED) is 0.617. The predicted molar refractivity (Wildman–Crippen MR) is 102 cm³/mol. The van der Waals surface area contributed by atoms with Crippen molar-refractivity contribution in [3.05, 3.63) is 60.0 Å². The van der Waals surface area contributed by atoms with Gasteiger partial charge in [0.15, 0.2) is 5.65 Å². The molecule has 26 heavy (non-hydrogen) atoms. The summed E-state index contributed by atoms with van der Waals surface area (Å²) in [4.78, 5) is 23.6. The van der Waals surface area contributed by atoms with E-state index in [0.717, 1.165) is 22.4 Å². The number of benzene rings is 1. The van der Waals surface area contributed by atoms with E-state index in [1.165, 1.54) is 6.20 Å². The van der Waals surface area contributed by atoms with Crippen LogP contribution in [0.25, 0.3) is 16.6 Å². The van der Waals surface area contributed by atoms with E-state index in [0.29, 0.717) is 16.9 Å². The summed E-state index contributed by atoms with van der Waals surface area (Å²) in [6.07, 6.45) is 3.32. The largest absolute Gasteiger partial charge is 0.363 e. The molecule has 0 fully saturated rings.